The normalized spacial score (nSPS) is 20.7. The largest absolute Gasteiger partial charge is 0.481 e. The number of hydrogen-bond acceptors (Lipinski definition) is 5. The first kappa shape index (κ1) is 19.5. The lowest BCUT2D eigenvalue weighted by atomic mass is 10.1. The zero-order valence-corrected chi connectivity index (χ0v) is 14.1. The number of aromatic nitrogens is 1. The molecule has 0 aromatic carbocycles. The Hall–Kier alpha value is -1.81. The van der Waals surface area contributed by atoms with Crippen LogP contribution in [-0.4, -0.2) is 58.4 Å². The minimum Gasteiger partial charge on any atom is -0.481 e. The van der Waals surface area contributed by atoms with Gasteiger partial charge in [-0.1, -0.05) is 11.8 Å². The number of pyridine rings is 1. The van der Waals surface area contributed by atoms with E-state index in [-0.39, 0.29) is 24.2 Å². The van der Waals surface area contributed by atoms with E-state index in [9.17, 15) is 22.8 Å². The van der Waals surface area contributed by atoms with Crippen LogP contribution in [0, 0.1) is 0 Å². The molecule has 2 unspecified atom stereocenters. The van der Waals surface area contributed by atoms with Crippen LogP contribution in [0.3, 0.4) is 0 Å². The van der Waals surface area contributed by atoms with Crippen molar-refractivity contribution in [1.82, 2.24) is 9.88 Å². The van der Waals surface area contributed by atoms with Gasteiger partial charge in [0.15, 0.2) is 0 Å². The molecule has 1 aromatic heterocycles. The number of halogens is 3. The number of methoxy groups -OCH3 is 1. The van der Waals surface area contributed by atoms with Gasteiger partial charge in [-0.15, -0.1) is 0 Å². The topological polar surface area (TPSA) is 79.7 Å². The highest BCUT2D eigenvalue weighted by atomic mass is 32.2. The third kappa shape index (κ3) is 5.33. The van der Waals surface area contributed by atoms with Gasteiger partial charge in [-0.25, -0.2) is 4.98 Å². The maximum Gasteiger partial charge on any atom is 0.417 e. The van der Waals surface area contributed by atoms with Gasteiger partial charge in [0.05, 0.1) is 28.9 Å². The summed E-state index contributed by atoms with van der Waals surface area (Å²) < 4.78 is 42.7. The Morgan fingerprint density at radius 2 is 2.16 bits per heavy atom. The Labute approximate surface area is 146 Å². The van der Waals surface area contributed by atoms with Gasteiger partial charge in [0.25, 0.3) is 0 Å². The molecule has 25 heavy (non-hydrogen) atoms. The summed E-state index contributed by atoms with van der Waals surface area (Å²) in [5, 5.41) is 9.24. The van der Waals surface area contributed by atoms with Gasteiger partial charge in [0.1, 0.15) is 0 Å². The van der Waals surface area contributed by atoms with Crippen molar-refractivity contribution in [2.45, 2.75) is 36.2 Å². The second kappa shape index (κ2) is 8.05. The summed E-state index contributed by atoms with van der Waals surface area (Å²) >= 11 is 1.01. The molecule has 1 aromatic rings. The minimum atomic E-state index is -4.46. The molecule has 0 saturated carbocycles. The quantitative estimate of drug-likeness (QED) is 0.765. The molecule has 0 bridgehead atoms. The van der Waals surface area contributed by atoms with Crippen LogP contribution in [0.1, 0.15) is 18.4 Å². The third-order valence-corrected chi connectivity index (χ3v) is 4.78. The number of thioether (sulfide) groups is 1. The first-order chi connectivity index (χ1) is 11.7. The van der Waals surface area contributed by atoms with Crippen LogP contribution in [0.2, 0.25) is 0 Å². The molecule has 6 nitrogen and oxygen atoms in total. The van der Waals surface area contributed by atoms with Crippen molar-refractivity contribution in [3.63, 3.8) is 0 Å². The van der Waals surface area contributed by atoms with Crippen molar-refractivity contribution in [3.05, 3.63) is 23.9 Å². The van der Waals surface area contributed by atoms with Crippen LogP contribution in [0.4, 0.5) is 13.2 Å². The van der Waals surface area contributed by atoms with Crippen molar-refractivity contribution < 1.29 is 32.6 Å². The standard InChI is InChI=1S/C15H17F3N2O4S/c1-24-11-4-10(5-14(22)23)20(7-11)13(21)8-25-12-3-2-9(6-19-12)15(16,17)18/h2-3,6,10-11H,4-5,7-8H2,1H3,(H,22,23). The number of hydrogen-bond donors (Lipinski definition) is 1. The number of carbonyl (C=O) groups is 2. The monoisotopic (exact) mass is 378 g/mol. The van der Waals surface area contributed by atoms with Crippen molar-refractivity contribution >= 4 is 23.6 Å². The molecular formula is C15H17F3N2O4S. The fourth-order valence-electron chi connectivity index (χ4n) is 2.60. The lowest BCUT2D eigenvalue weighted by molar-refractivity contribution is -0.140. The molecule has 2 heterocycles. The van der Waals surface area contributed by atoms with Gasteiger partial charge in [-0.3, -0.25) is 9.59 Å². The van der Waals surface area contributed by atoms with Crippen LogP contribution in [0.15, 0.2) is 23.4 Å². The molecule has 2 rings (SSSR count). The average Bonchev–Trinajstić information content (AvgIpc) is 2.94. The van der Waals surface area contributed by atoms with E-state index in [2.05, 4.69) is 4.98 Å². The smallest absolute Gasteiger partial charge is 0.417 e. The summed E-state index contributed by atoms with van der Waals surface area (Å²) in [5.74, 6) is -1.33. The Bertz CT molecular complexity index is 624. The molecule has 138 valence electrons. The zero-order chi connectivity index (χ0) is 18.6. The molecule has 0 radical (unpaired) electrons. The van der Waals surface area contributed by atoms with Crippen LogP contribution < -0.4 is 0 Å². The lowest BCUT2D eigenvalue weighted by Gasteiger charge is -2.23. The number of carboxylic acids is 1. The molecule has 1 aliphatic heterocycles. The summed E-state index contributed by atoms with van der Waals surface area (Å²) in [7, 11) is 1.50. The maximum atomic E-state index is 12.5. The number of amides is 1. The van der Waals surface area contributed by atoms with Crippen molar-refractivity contribution in [1.29, 1.82) is 0 Å². The van der Waals surface area contributed by atoms with E-state index in [1.807, 2.05) is 0 Å². The highest BCUT2D eigenvalue weighted by Gasteiger charge is 2.36. The minimum absolute atomic E-state index is 0.0368. The molecule has 1 amide bonds. The van der Waals surface area contributed by atoms with Gasteiger partial charge in [0.2, 0.25) is 5.91 Å². The number of rotatable bonds is 6. The average molecular weight is 378 g/mol. The summed E-state index contributed by atoms with van der Waals surface area (Å²) in [5.41, 5.74) is -0.854. The Morgan fingerprint density at radius 3 is 2.68 bits per heavy atom. The molecule has 1 aliphatic rings. The van der Waals surface area contributed by atoms with E-state index in [0.717, 1.165) is 24.0 Å². The fraction of sp³-hybridized carbons (Fsp3) is 0.533. The Balaban J connectivity index is 1.95. The Morgan fingerprint density at radius 1 is 1.44 bits per heavy atom. The van der Waals surface area contributed by atoms with E-state index < -0.39 is 23.8 Å². The fourth-order valence-corrected chi connectivity index (χ4v) is 3.33. The Kier molecular flexibility index (Phi) is 6.28. The maximum absolute atomic E-state index is 12.5. The highest BCUT2D eigenvalue weighted by Crippen LogP contribution is 2.30. The predicted molar refractivity (Wildman–Crippen MR) is 83.1 cm³/mol. The molecule has 1 N–H and O–H groups in total. The number of alkyl halides is 3. The molecule has 1 fully saturated rings. The first-order valence-corrected chi connectivity index (χ1v) is 8.39. The third-order valence-electron chi connectivity index (χ3n) is 3.85. The van der Waals surface area contributed by atoms with E-state index in [1.54, 1.807) is 0 Å². The van der Waals surface area contributed by atoms with Crippen molar-refractivity contribution in [2.75, 3.05) is 19.4 Å². The number of carbonyl (C=O) groups excluding carboxylic acids is 1. The number of ether oxygens (including phenoxy) is 1. The SMILES string of the molecule is COC1CC(CC(=O)O)N(C(=O)CSc2ccc(C(F)(F)F)cn2)C1. The number of nitrogens with zero attached hydrogens (tertiary/aromatic N) is 2. The van der Waals surface area contributed by atoms with Gasteiger partial charge in [-0.2, -0.15) is 13.2 Å². The lowest BCUT2D eigenvalue weighted by Crippen LogP contribution is -2.38. The summed E-state index contributed by atoms with van der Waals surface area (Å²) in [6.07, 6.45) is -3.69. The molecular weight excluding hydrogens is 361 g/mol. The van der Waals surface area contributed by atoms with E-state index in [1.165, 1.54) is 18.1 Å². The second-order valence-corrected chi connectivity index (χ2v) is 6.56. The van der Waals surface area contributed by atoms with Gasteiger partial charge < -0.3 is 14.7 Å². The van der Waals surface area contributed by atoms with Crippen molar-refractivity contribution in [3.8, 4) is 0 Å². The van der Waals surface area contributed by atoms with E-state index in [4.69, 9.17) is 9.84 Å². The molecule has 1 saturated heterocycles. The number of aliphatic carboxylic acids is 1. The predicted octanol–water partition coefficient (Wildman–Crippen LogP) is 2.28. The zero-order valence-electron chi connectivity index (χ0n) is 13.3. The van der Waals surface area contributed by atoms with Gasteiger partial charge >= 0.3 is 12.1 Å². The van der Waals surface area contributed by atoms with E-state index >= 15 is 0 Å². The van der Waals surface area contributed by atoms with Crippen LogP contribution in [0.5, 0.6) is 0 Å². The molecule has 2 atom stereocenters. The van der Waals surface area contributed by atoms with Crippen LogP contribution in [0.25, 0.3) is 0 Å². The summed E-state index contributed by atoms with van der Waals surface area (Å²) in [4.78, 5) is 28.4. The highest BCUT2D eigenvalue weighted by molar-refractivity contribution is 7.99. The van der Waals surface area contributed by atoms with E-state index in [0.29, 0.717) is 18.0 Å². The van der Waals surface area contributed by atoms with Gasteiger partial charge in [-0.05, 0) is 18.6 Å². The molecule has 0 spiro atoms. The van der Waals surface area contributed by atoms with Crippen molar-refractivity contribution in [2.24, 2.45) is 0 Å². The van der Waals surface area contributed by atoms with Crippen LogP contribution in [-0.2, 0) is 20.5 Å². The molecule has 10 heteroatoms. The number of likely N-dealkylation sites (tertiary alicyclic amines) is 1. The first-order valence-electron chi connectivity index (χ1n) is 7.40. The summed E-state index contributed by atoms with van der Waals surface area (Å²) in [6, 6.07) is 1.66. The van der Waals surface area contributed by atoms with Gasteiger partial charge in [0, 0.05) is 25.9 Å². The van der Waals surface area contributed by atoms with Crippen LogP contribution >= 0.6 is 11.8 Å². The number of carboxylic acid groups (broad SMARTS) is 1. The molecule has 0 aliphatic carbocycles. The second-order valence-electron chi connectivity index (χ2n) is 5.56. The summed E-state index contributed by atoms with van der Waals surface area (Å²) in [6.45, 7) is 0.300.